The van der Waals surface area contributed by atoms with Gasteiger partial charge in [-0.3, -0.25) is 48.5 Å². The first-order valence-corrected chi connectivity index (χ1v) is 29.9. The number of hydrogen-bond acceptors (Lipinski definition) is 26. The third kappa shape index (κ3) is 19.0. The quantitative estimate of drug-likeness (QED) is 0.0137. The molecule has 0 aromatic heterocycles. The van der Waals surface area contributed by atoms with Gasteiger partial charge in [0.1, 0.15) is 85.4 Å². The van der Waals surface area contributed by atoms with Crippen molar-refractivity contribution in [2.24, 2.45) is 16.6 Å². The Kier molecular flexibility index (Phi) is 27.7. The molecule has 3 amide bonds. The van der Waals surface area contributed by atoms with Gasteiger partial charge in [-0.15, -0.1) is 0 Å². The lowest BCUT2D eigenvalue weighted by Gasteiger charge is -2.43. The number of imide groups is 1. The fraction of sp³-hybridized carbons (Fsp3) is 0.849. The molecule has 0 bridgehead atoms. The van der Waals surface area contributed by atoms with E-state index in [2.05, 4.69) is 11.9 Å². The van der Waals surface area contributed by atoms with Crippen LogP contribution >= 0.6 is 0 Å². The van der Waals surface area contributed by atoms with Gasteiger partial charge in [-0.1, -0.05) is 78.1 Å². The van der Waals surface area contributed by atoms with Gasteiger partial charge < -0.3 is 78.4 Å². The van der Waals surface area contributed by atoms with Gasteiger partial charge in [0, 0.05) is 54.3 Å². The molecule has 5 rings (SSSR count). The molecule has 20 atom stereocenters. The van der Waals surface area contributed by atoms with Crippen LogP contribution in [0.15, 0.2) is 4.99 Å². The summed E-state index contributed by atoms with van der Waals surface area (Å²) in [7, 11) is 1.18. The Morgan fingerprint density at radius 3 is 1.94 bits per heavy atom. The Balaban J connectivity index is 1.36. The van der Waals surface area contributed by atoms with Crippen molar-refractivity contribution in [1.29, 1.82) is 0 Å². The molecule has 4 saturated heterocycles. The van der Waals surface area contributed by atoms with E-state index >= 15 is 0 Å². The van der Waals surface area contributed by atoms with Crippen LogP contribution in [0, 0.1) is 5.92 Å². The van der Waals surface area contributed by atoms with Gasteiger partial charge in [0.05, 0.1) is 18.7 Å². The van der Waals surface area contributed by atoms with E-state index in [1.807, 2.05) is 5.32 Å². The molecule has 84 heavy (non-hydrogen) atoms. The average molecular weight is 1230 g/mol. The highest BCUT2D eigenvalue weighted by Gasteiger charge is 2.60. The average Bonchev–Trinajstić information content (AvgIpc) is 3.03. The number of aliphatic carboxylic acids is 1. The lowest BCUT2D eigenvalue weighted by molar-refractivity contribution is -0.297. The summed E-state index contributed by atoms with van der Waals surface area (Å²) >= 11 is 0. The summed E-state index contributed by atoms with van der Waals surface area (Å²) < 4.78 is 96.9. The molecule has 8 N–H and O–H groups in total. The minimum Gasteiger partial charge on any atom is -0.480 e. The van der Waals surface area contributed by atoms with Crippen LogP contribution in [-0.2, 0) is 95.5 Å². The van der Waals surface area contributed by atoms with Crippen LogP contribution < -0.4 is 11.1 Å². The molecule has 31 heteroatoms. The van der Waals surface area contributed by atoms with Gasteiger partial charge in [0.25, 0.3) is 11.8 Å². The van der Waals surface area contributed by atoms with E-state index in [9.17, 15) is 67.0 Å². The number of carbonyl (C=O) groups excluding carboxylic acids is 6. The number of ether oxygens (including phenoxy) is 10. The summed E-state index contributed by atoms with van der Waals surface area (Å²) in [5, 5.41) is 46.3. The summed E-state index contributed by atoms with van der Waals surface area (Å²) in [6.07, 6.45) is -13.0. The zero-order valence-electron chi connectivity index (χ0n) is 48.9. The van der Waals surface area contributed by atoms with E-state index < -0.39 is 187 Å². The number of nitrogens with two attached hydrogens (primary N) is 1. The van der Waals surface area contributed by atoms with Crippen molar-refractivity contribution in [2.75, 3.05) is 48.5 Å². The first-order chi connectivity index (χ1) is 39.8. The number of nitrogens with zero attached hydrogens (tertiary/aromatic N) is 3. The molecule has 0 spiro atoms. The van der Waals surface area contributed by atoms with Gasteiger partial charge in [0.15, 0.2) is 18.4 Å². The summed E-state index contributed by atoms with van der Waals surface area (Å²) in [6.45, 7) is 4.54. The summed E-state index contributed by atoms with van der Waals surface area (Å²) in [5.41, 5.74) is 5.74. The highest BCUT2D eigenvalue weighted by Crippen LogP contribution is 2.37. The maximum atomic E-state index is 14.8. The summed E-state index contributed by atoms with van der Waals surface area (Å²) in [5.74, 6) is -8.06. The number of esters is 3. The van der Waals surface area contributed by atoms with Gasteiger partial charge >= 0.3 is 34.3 Å². The van der Waals surface area contributed by atoms with Crippen LogP contribution in [0.25, 0.3) is 0 Å². The monoisotopic (exact) mass is 1230 g/mol. The summed E-state index contributed by atoms with van der Waals surface area (Å²) in [4.78, 5) is 99.8. The number of carbonyl (C=O) groups is 7. The van der Waals surface area contributed by atoms with Gasteiger partial charge in [-0.25, -0.2) is 8.98 Å². The molecule has 5 aliphatic heterocycles. The number of unbranched alkanes of at least 4 members (excludes halogenated alkanes) is 10. The van der Waals surface area contributed by atoms with Crippen LogP contribution in [0.5, 0.6) is 0 Å². The third-order valence-electron chi connectivity index (χ3n) is 15.7. The van der Waals surface area contributed by atoms with E-state index in [-0.39, 0.29) is 25.8 Å². The Morgan fingerprint density at radius 2 is 1.38 bits per heavy atom. The molecule has 30 nitrogen and oxygen atoms in total. The van der Waals surface area contributed by atoms with Crippen molar-refractivity contribution in [2.45, 2.75) is 233 Å². The van der Waals surface area contributed by atoms with E-state index in [0.717, 1.165) is 56.9 Å². The van der Waals surface area contributed by atoms with Crippen molar-refractivity contribution in [3.05, 3.63) is 0 Å². The largest absolute Gasteiger partial charge is 0.480 e. The van der Waals surface area contributed by atoms with Crippen molar-refractivity contribution in [3.8, 4) is 0 Å². The predicted molar refractivity (Wildman–Crippen MR) is 288 cm³/mol. The SMILES string of the molecule is CCCCCCCCCCCCCC(CC(=O)OC1CN(C)C(C(OC2OC(CN)C(O)C2O)C2OC(C3N=CC(=O)NC3=O)C(OS(=O)(=O)O)C2O)C(=O)N(C)C1C(=O)O)OC(=O)CC(C)CC(=O)OC1OC(C)C(OC)C(OC)C1OC. The molecule has 5 heterocycles. The Labute approximate surface area is 488 Å². The zero-order chi connectivity index (χ0) is 62.2. The standard InChI is InChI=1S/C53H87N5O25S/c1-9-10-11-12-13-14-15-16-17-18-19-20-29(77-33(60)21-27(2)22-34(61)80-53-48(75-8)47(74-7)42(73-6)28(3)76-53)23-35(62)78-31-26-57(4)38(50(67)58(5)37(31)51(68)69)44(82-52-40(64)39(63)30(24-54)79-52)45-41(65)46(83-84(70,71)72)43(81-45)36-49(66)56-32(59)25-55-36/h25,27-31,36-48,52-53,63-65H,9-24,26,54H2,1-8H3,(H,68,69)(H,56,59,66)(H,70,71,72). The molecular formula is C53H87N5O25S. The fourth-order valence-corrected chi connectivity index (χ4v) is 11.9. The van der Waals surface area contributed by atoms with Crippen LogP contribution in [0.4, 0.5) is 0 Å². The number of hydrogen-bond donors (Lipinski definition) is 7. The number of aliphatic hydroxyl groups excluding tert-OH is 3. The van der Waals surface area contributed by atoms with Gasteiger partial charge in [0.2, 0.25) is 12.2 Å². The van der Waals surface area contributed by atoms with Crippen LogP contribution in [0.3, 0.4) is 0 Å². The van der Waals surface area contributed by atoms with Crippen LogP contribution in [-0.4, -0.2) is 256 Å². The number of rotatable bonds is 33. The molecule has 0 aromatic rings. The first kappa shape index (κ1) is 70.3. The number of aliphatic hydroxyl groups is 3. The topological polar surface area (TPSA) is 413 Å². The number of amides is 3. The second-order valence-corrected chi connectivity index (χ2v) is 23.1. The number of nitrogens with one attached hydrogen (secondary N) is 1. The maximum Gasteiger partial charge on any atom is 0.397 e. The smallest absolute Gasteiger partial charge is 0.397 e. The number of carboxylic acids is 1. The number of aliphatic imine (C=N–C) groups is 1. The fourth-order valence-electron chi connectivity index (χ4n) is 11.4. The lowest BCUT2D eigenvalue weighted by Crippen LogP contribution is -2.59. The Morgan fingerprint density at radius 1 is 0.786 bits per heavy atom. The minimum absolute atomic E-state index is 0.186. The molecule has 0 saturated carbocycles. The highest BCUT2D eigenvalue weighted by atomic mass is 32.3. The highest BCUT2D eigenvalue weighted by molar-refractivity contribution is 7.80. The predicted octanol–water partition coefficient (Wildman–Crippen LogP) is -0.921. The van der Waals surface area contributed by atoms with Crippen LogP contribution in [0.1, 0.15) is 117 Å². The molecule has 0 aromatic carbocycles. The van der Waals surface area contributed by atoms with E-state index in [0.29, 0.717) is 17.5 Å². The zero-order valence-corrected chi connectivity index (χ0v) is 49.7. The summed E-state index contributed by atoms with van der Waals surface area (Å²) in [6, 6.07) is -5.67. The van der Waals surface area contributed by atoms with E-state index in [4.69, 9.17) is 57.3 Å². The second-order valence-electron chi connectivity index (χ2n) is 22.1. The van der Waals surface area contributed by atoms with Crippen molar-refractivity contribution in [3.63, 3.8) is 0 Å². The maximum absolute atomic E-state index is 14.8. The normalized spacial score (nSPS) is 33.3. The van der Waals surface area contributed by atoms with Crippen molar-refractivity contribution >= 4 is 58.2 Å². The number of carboxylic acid groups (broad SMARTS) is 1. The van der Waals surface area contributed by atoms with Crippen molar-refractivity contribution < 1.29 is 119 Å². The minimum atomic E-state index is -5.49. The first-order valence-electron chi connectivity index (χ1n) is 28.6. The molecule has 20 unspecified atom stereocenters. The number of methoxy groups -OCH3 is 3. The molecule has 4 fully saturated rings. The van der Waals surface area contributed by atoms with E-state index in [1.54, 1.807) is 13.8 Å². The third-order valence-corrected chi connectivity index (χ3v) is 16.2. The van der Waals surface area contributed by atoms with Gasteiger partial charge in [-0.05, 0) is 32.7 Å². The van der Waals surface area contributed by atoms with Gasteiger partial charge in [-0.2, -0.15) is 8.42 Å². The lowest BCUT2D eigenvalue weighted by atomic mass is 9.95. The van der Waals surface area contributed by atoms with Crippen LogP contribution in [0.2, 0.25) is 0 Å². The Hall–Kier alpha value is -4.45. The van der Waals surface area contributed by atoms with E-state index in [1.165, 1.54) is 47.6 Å². The number of likely N-dealkylation sites (N-methyl/N-ethyl adjacent to an activating group) is 2. The Bertz CT molecular complexity index is 2340. The molecule has 0 aliphatic carbocycles. The van der Waals surface area contributed by atoms with Crippen molar-refractivity contribution in [1.82, 2.24) is 15.1 Å². The molecule has 5 aliphatic rings. The molecular weight excluding hydrogens is 1140 g/mol. The molecule has 0 radical (unpaired) electrons. The second kappa shape index (κ2) is 33.1. The molecule has 480 valence electrons.